The highest BCUT2D eigenvalue weighted by Gasteiger charge is 2.19. The van der Waals surface area contributed by atoms with Gasteiger partial charge in [0, 0.05) is 44.8 Å². The molecule has 1 aliphatic heterocycles. The number of anilines is 1. The fourth-order valence-corrected chi connectivity index (χ4v) is 2.63. The fourth-order valence-electron chi connectivity index (χ4n) is 2.63. The molecule has 1 saturated heterocycles. The average molecular weight is 261 g/mol. The van der Waals surface area contributed by atoms with Gasteiger partial charge in [0.15, 0.2) is 0 Å². The minimum absolute atomic E-state index is 0.0309. The molecule has 1 aromatic carbocycles. The van der Waals surface area contributed by atoms with Gasteiger partial charge in [-0.25, -0.2) is 0 Å². The molecule has 1 fully saturated rings. The minimum Gasteiger partial charge on any atom is -0.369 e. The molecule has 0 radical (unpaired) electrons. The van der Waals surface area contributed by atoms with Gasteiger partial charge in [-0.2, -0.15) is 0 Å². The summed E-state index contributed by atoms with van der Waals surface area (Å²) in [5.74, 6) is 0.169. The van der Waals surface area contributed by atoms with Crippen LogP contribution >= 0.6 is 0 Å². The monoisotopic (exact) mass is 261 g/mol. The van der Waals surface area contributed by atoms with E-state index >= 15 is 0 Å². The lowest BCUT2D eigenvalue weighted by molar-refractivity contribution is -0.128. The predicted molar refractivity (Wildman–Crippen MR) is 78.1 cm³/mol. The molecule has 0 spiro atoms. The van der Waals surface area contributed by atoms with E-state index in [4.69, 9.17) is 5.73 Å². The van der Waals surface area contributed by atoms with Gasteiger partial charge in [0.25, 0.3) is 0 Å². The Balaban J connectivity index is 2.16. The van der Waals surface area contributed by atoms with Crippen LogP contribution in [0.5, 0.6) is 0 Å². The van der Waals surface area contributed by atoms with Gasteiger partial charge in [0.05, 0.1) is 0 Å². The Hall–Kier alpha value is -1.55. The lowest BCUT2D eigenvalue weighted by atomic mass is 10.1. The molecule has 1 aliphatic rings. The summed E-state index contributed by atoms with van der Waals surface area (Å²) in [4.78, 5) is 15.7. The van der Waals surface area contributed by atoms with Crippen molar-refractivity contribution in [3.63, 3.8) is 0 Å². The van der Waals surface area contributed by atoms with Gasteiger partial charge in [0.2, 0.25) is 5.91 Å². The number of carbonyl (C=O) groups is 1. The SMILES string of the molecule is CC(=O)N1CCCN(c2ccccc2[C@H](C)N)CC1. The molecule has 1 aromatic rings. The van der Waals surface area contributed by atoms with Crippen LogP contribution in [0, 0.1) is 0 Å². The molecule has 0 bridgehead atoms. The lowest BCUT2D eigenvalue weighted by Crippen LogP contribution is -2.34. The first-order chi connectivity index (χ1) is 9.09. The fraction of sp³-hybridized carbons (Fsp3) is 0.533. The number of nitrogens with zero attached hydrogens (tertiary/aromatic N) is 2. The second-order valence-corrected chi connectivity index (χ2v) is 5.19. The Morgan fingerprint density at radius 1 is 1.21 bits per heavy atom. The maximum atomic E-state index is 11.5. The second-order valence-electron chi connectivity index (χ2n) is 5.19. The van der Waals surface area contributed by atoms with Crippen molar-refractivity contribution >= 4 is 11.6 Å². The smallest absolute Gasteiger partial charge is 0.219 e. The molecule has 19 heavy (non-hydrogen) atoms. The molecular formula is C15H23N3O. The quantitative estimate of drug-likeness (QED) is 0.882. The third kappa shape index (κ3) is 3.26. The molecule has 0 aliphatic carbocycles. The summed E-state index contributed by atoms with van der Waals surface area (Å²) in [6.07, 6.45) is 1.01. The van der Waals surface area contributed by atoms with Crippen molar-refractivity contribution in [1.29, 1.82) is 0 Å². The summed E-state index contributed by atoms with van der Waals surface area (Å²) in [6, 6.07) is 8.33. The van der Waals surface area contributed by atoms with Gasteiger partial charge < -0.3 is 15.5 Å². The number of hydrogen-bond acceptors (Lipinski definition) is 3. The van der Waals surface area contributed by atoms with Gasteiger partial charge in [-0.1, -0.05) is 18.2 Å². The van der Waals surface area contributed by atoms with Crippen LogP contribution in [0.15, 0.2) is 24.3 Å². The standard InChI is InChI=1S/C15H23N3O/c1-12(16)14-6-3-4-7-15(14)18-9-5-8-17(10-11-18)13(2)19/h3-4,6-7,12H,5,8-11,16H2,1-2H3/t12-/m0/s1. The van der Waals surface area contributed by atoms with Crippen LogP contribution in [-0.2, 0) is 4.79 Å². The summed E-state index contributed by atoms with van der Waals surface area (Å²) in [6.45, 7) is 7.16. The van der Waals surface area contributed by atoms with E-state index in [1.165, 1.54) is 11.3 Å². The predicted octanol–water partition coefficient (Wildman–Crippen LogP) is 1.76. The van der Waals surface area contributed by atoms with Crippen LogP contribution in [0.25, 0.3) is 0 Å². The van der Waals surface area contributed by atoms with Gasteiger partial charge >= 0.3 is 0 Å². The maximum Gasteiger partial charge on any atom is 0.219 e. The third-order valence-corrected chi connectivity index (χ3v) is 3.71. The summed E-state index contributed by atoms with van der Waals surface area (Å²) >= 11 is 0. The first kappa shape index (κ1) is 13.9. The summed E-state index contributed by atoms with van der Waals surface area (Å²) in [5, 5.41) is 0. The highest BCUT2D eigenvalue weighted by atomic mass is 16.2. The first-order valence-corrected chi connectivity index (χ1v) is 6.94. The molecule has 1 amide bonds. The van der Waals surface area contributed by atoms with Crippen molar-refractivity contribution in [3.05, 3.63) is 29.8 Å². The highest BCUT2D eigenvalue weighted by Crippen LogP contribution is 2.25. The second kappa shape index (κ2) is 6.06. The van der Waals surface area contributed by atoms with E-state index in [2.05, 4.69) is 23.1 Å². The van der Waals surface area contributed by atoms with Gasteiger partial charge in [-0.15, -0.1) is 0 Å². The topological polar surface area (TPSA) is 49.6 Å². The summed E-state index contributed by atoms with van der Waals surface area (Å²) in [7, 11) is 0. The number of benzene rings is 1. The number of hydrogen-bond donors (Lipinski definition) is 1. The van der Waals surface area contributed by atoms with E-state index in [-0.39, 0.29) is 11.9 Å². The molecule has 4 nitrogen and oxygen atoms in total. The Morgan fingerprint density at radius 3 is 2.63 bits per heavy atom. The zero-order chi connectivity index (χ0) is 13.8. The van der Waals surface area contributed by atoms with Crippen molar-refractivity contribution in [3.8, 4) is 0 Å². The molecule has 104 valence electrons. The van der Waals surface area contributed by atoms with E-state index in [1.54, 1.807) is 6.92 Å². The van der Waals surface area contributed by atoms with Crippen molar-refractivity contribution in [2.45, 2.75) is 26.3 Å². The van der Waals surface area contributed by atoms with Crippen LogP contribution in [-0.4, -0.2) is 37.0 Å². The van der Waals surface area contributed by atoms with Gasteiger partial charge in [0.1, 0.15) is 0 Å². The van der Waals surface area contributed by atoms with E-state index < -0.39 is 0 Å². The van der Waals surface area contributed by atoms with Crippen LogP contribution in [0.1, 0.15) is 31.9 Å². The molecular weight excluding hydrogens is 238 g/mol. The van der Waals surface area contributed by atoms with Crippen molar-refractivity contribution in [2.24, 2.45) is 5.73 Å². The van der Waals surface area contributed by atoms with Crippen LogP contribution in [0.2, 0.25) is 0 Å². The normalized spacial score (nSPS) is 18.1. The summed E-state index contributed by atoms with van der Waals surface area (Å²) < 4.78 is 0. The number of carbonyl (C=O) groups excluding carboxylic acids is 1. The Kier molecular flexibility index (Phi) is 4.43. The van der Waals surface area contributed by atoms with Crippen LogP contribution < -0.4 is 10.6 Å². The van der Waals surface area contributed by atoms with Crippen LogP contribution in [0.3, 0.4) is 0 Å². The Bertz CT molecular complexity index is 445. The molecule has 1 heterocycles. The number of amides is 1. The average Bonchev–Trinajstić information content (AvgIpc) is 2.64. The summed E-state index contributed by atoms with van der Waals surface area (Å²) in [5.41, 5.74) is 8.44. The number of rotatable bonds is 2. The van der Waals surface area contributed by atoms with E-state index in [0.717, 1.165) is 32.6 Å². The zero-order valence-electron chi connectivity index (χ0n) is 11.8. The molecule has 0 unspecified atom stereocenters. The zero-order valence-corrected chi connectivity index (χ0v) is 11.8. The van der Waals surface area contributed by atoms with E-state index in [9.17, 15) is 4.79 Å². The Labute approximate surface area is 115 Å². The van der Waals surface area contributed by atoms with Crippen molar-refractivity contribution < 1.29 is 4.79 Å². The highest BCUT2D eigenvalue weighted by molar-refractivity contribution is 5.73. The Morgan fingerprint density at radius 2 is 1.95 bits per heavy atom. The van der Waals surface area contributed by atoms with Crippen molar-refractivity contribution in [1.82, 2.24) is 4.90 Å². The molecule has 2 N–H and O–H groups in total. The molecule has 4 heteroatoms. The molecule has 1 atom stereocenters. The maximum absolute atomic E-state index is 11.5. The van der Waals surface area contributed by atoms with Crippen LogP contribution in [0.4, 0.5) is 5.69 Å². The van der Waals surface area contributed by atoms with Gasteiger partial charge in [-0.3, -0.25) is 4.79 Å². The lowest BCUT2D eigenvalue weighted by Gasteiger charge is -2.26. The number of para-hydroxylation sites is 1. The third-order valence-electron chi connectivity index (χ3n) is 3.71. The first-order valence-electron chi connectivity index (χ1n) is 6.94. The van der Waals surface area contributed by atoms with E-state index in [1.807, 2.05) is 17.9 Å². The van der Waals surface area contributed by atoms with Crippen molar-refractivity contribution in [2.75, 3.05) is 31.1 Å². The molecule has 0 aromatic heterocycles. The van der Waals surface area contributed by atoms with E-state index in [0.29, 0.717) is 0 Å². The van der Waals surface area contributed by atoms with Gasteiger partial charge in [-0.05, 0) is 25.0 Å². The molecule has 0 saturated carbocycles. The largest absolute Gasteiger partial charge is 0.369 e. The minimum atomic E-state index is 0.0309. The molecule has 2 rings (SSSR count). The number of nitrogens with two attached hydrogens (primary N) is 1.